The molecule has 1 fully saturated rings. The number of nitrogens with one attached hydrogen (secondary N) is 1. The van der Waals surface area contributed by atoms with Gasteiger partial charge >= 0.3 is 12.0 Å². The Morgan fingerprint density at radius 1 is 1.29 bits per heavy atom. The quantitative estimate of drug-likeness (QED) is 0.854. The Hall–Kier alpha value is -2.04. The van der Waals surface area contributed by atoms with E-state index in [-0.39, 0.29) is 17.9 Å². The van der Waals surface area contributed by atoms with Crippen LogP contribution in [0.1, 0.15) is 38.3 Å². The lowest BCUT2D eigenvalue weighted by molar-refractivity contribution is -0.157. The largest absolute Gasteiger partial charge is 0.466 e. The van der Waals surface area contributed by atoms with Crippen molar-refractivity contribution in [2.24, 2.45) is 11.3 Å². The van der Waals surface area contributed by atoms with Gasteiger partial charge in [-0.1, -0.05) is 32.0 Å². The van der Waals surface area contributed by atoms with E-state index >= 15 is 0 Å². The third-order valence-corrected chi connectivity index (χ3v) is 5.09. The molecule has 1 N–H and O–H groups in total. The molecule has 1 aliphatic heterocycles. The van der Waals surface area contributed by atoms with Crippen molar-refractivity contribution in [3.8, 4) is 0 Å². The number of anilines is 1. The molecule has 2 amide bonds. The van der Waals surface area contributed by atoms with Crippen LogP contribution in [0.2, 0.25) is 0 Å². The summed E-state index contributed by atoms with van der Waals surface area (Å²) in [7, 11) is 0. The maximum atomic E-state index is 12.7. The van der Waals surface area contributed by atoms with Crippen molar-refractivity contribution in [3.05, 3.63) is 29.3 Å². The van der Waals surface area contributed by atoms with Gasteiger partial charge in [0.1, 0.15) is 0 Å². The highest BCUT2D eigenvalue weighted by atomic mass is 16.5. The highest BCUT2D eigenvalue weighted by Gasteiger charge is 2.49. The third kappa shape index (κ3) is 3.40. The monoisotopic (exact) mass is 332 g/mol. The van der Waals surface area contributed by atoms with Crippen LogP contribution in [-0.2, 0) is 9.53 Å². The number of nitrogens with zero attached hydrogens (tertiary/aromatic N) is 1. The molecule has 1 aromatic rings. The van der Waals surface area contributed by atoms with Gasteiger partial charge in [0.05, 0.1) is 12.0 Å². The first-order valence-corrected chi connectivity index (χ1v) is 8.61. The van der Waals surface area contributed by atoms with E-state index in [1.807, 2.05) is 52.8 Å². The molecule has 5 nitrogen and oxygen atoms in total. The molecule has 5 heteroatoms. The number of rotatable bonds is 4. The van der Waals surface area contributed by atoms with Crippen molar-refractivity contribution in [2.75, 3.05) is 25.0 Å². The summed E-state index contributed by atoms with van der Waals surface area (Å²) in [6, 6.07) is 5.77. The van der Waals surface area contributed by atoms with E-state index in [0.29, 0.717) is 26.1 Å². The first-order chi connectivity index (χ1) is 11.3. The van der Waals surface area contributed by atoms with Crippen LogP contribution in [-0.4, -0.2) is 36.6 Å². The number of carbonyl (C=O) groups is 2. The van der Waals surface area contributed by atoms with Gasteiger partial charge in [0.25, 0.3) is 0 Å². The number of urea groups is 1. The number of likely N-dealkylation sites (tertiary alicyclic amines) is 1. The highest BCUT2D eigenvalue weighted by molar-refractivity contribution is 5.92. The molecule has 1 saturated heterocycles. The molecule has 1 aliphatic rings. The van der Waals surface area contributed by atoms with Crippen LogP contribution in [0.3, 0.4) is 0 Å². The topological polar surface area (TPSA) is 58.6 Å². The number of esters is 1. The van der Waals surface area contributed by atoms with Crippen LogP contribution < -0.4 is 5.32 Å². The molecule has 1 heterocycles. The Morgan fingerprint density at radius 2 is 1.92 bits per heavy atom. The normalized spacial score (nSPS) is 20.3. The second-order valence-electron chi connectivity index (χ2n) is 6.90. The Labute approximate surface area is 144 Å². The zero-order valence-corrected chi connectivity index (χ0v) is 15.3. The Morgan fingerprint density at radius 3 is 2.46 bits per heavy atom. The molecule has 0 aliphatic carbocycles. The molecule has 0 bridgehead atoms. The van der Waals surface area contributed by atoms with Gasteiger partial charge in [-0.25, -0.2) is 4.79 Å². The molecular formula is C19H28N2O3. The fourth-order valence-corrected chi connectivity index (χ4v) is 3.35. The minimum absolute atomic E-state index is 0.120. The predicted molar refractivity (Wildman–Crippen MR) is 95.0 cm³/mol. The molecule has 0 spiro atoms. The Balaban J connectivity index is 2.14. The summed E-state index contributed by atoms with van der Waals surface area (Å²) in [6.45, 7) is 11.1. The van der Waals surface area contributed by atoms with Crippen molar-refractivity contribution in [1.82, 2.24) is 4.90 Å². The highest BCUT2D eigenvalue weighted by Crippen LogP contribution is 2.39. The van der Waals surface area contributed by atoms with Gasteiger partial charge in [0.2, 0.25) is 0 Å². The molecule has 0 aromatic heterocycles. The molecule has 1 unspecified atom stereocenters. The number of hydrogen-bond donors (Lipinski definition) is 1. The predicted octanol–water partition coefficient (Wildman–Crippen LogP) is 3.75. The SMILES string of the molecule is CCOC(=O)C1(C(C)C)CCN(C(=O)Nc2c(C)cccc2C)C1. The van der Waals surface area contributed by atoms with Gasteiger partial charge in [-0.3, -0.25) is 4.79 Å². The number of amides is 2. The lowest BCUT2D eigenvalue weighted by atomic mass is 9.76. The van der Waals surface area contributed by atoms with Crippen molar-refractivity contribution in [3.63, 3.8) is 0 Å². The lowest BCUT2D eigenvalue weighted by Crippen LogP contribution is -2.42. The summed E-state index contributed by atoms with van der Waals surface area (Å²) in [5.74, 6) is -0.0723. The van der Waals surface area contributed by atoms with Crippen LogP contribution in [0.5, 0.6) is 0 Å². The van der Waals surface area contributed by atoms with Gasteiger partial charge in [-0.2, -0.15) is 0 Å². The first-order valence-electron chi connectivity index (χ1n) is 8.61. The maximum Gasteiger partial charge on any atom is 0.321 e. The number of hydrogen-bond acceptors (Lipinski definition) is 3. The molecule has 1 atom stereocenters. The van der Waals surface area contributed by atoms with Gasteiger partial charge in [-0.15, -0.1) is 0 Å². The van der Waals surface area contributed by atoms with E-state index in [9.17, 15) is 9.59 Å². The summed E-state index contributed by atoms with van der Waals surface area (Å²) < 4.78 is 5.28. The first kappa shape index (κ1) is 18.3. The second-order valence-corrected chi connectivity index (χ2v) is 6.90. The maximum absolute atomic E-state index is 12.7. The number of aryl methyl sites for hydroxylation is 2. The summed E-state index contributed by atoms with van der Waals surface area (Å²) in [6.07, 6.45) is 0.643. The fraction of sp³-hybridized carbons (Fsp3) is 0.579. The average molecular weight is 332 g/mol. The third-order valence-electron chi connectivity index (χ3n) is 5.09. The zero-order valence-electron chi connectivity index (χ0n) is 15.3. The van der Waals surface area contributed by atoms with Crippen molar-refractivity contribution < 1.29 is 14.3 Å². The number of ether oxygens (including phenoxy) is 1. The van der Waals surface area contributed by atoms with Gasteiger partial charge < -0.3 is 15.0 Å². The minimum Gasteiger partial charge on any atom is -0.466 e. The zero-order chi connectivity index (χ0) is 17.9. The van der Waals surface area contributed by atoms with Crippen LogP contribution in [0.25, 0.3) is 0 Å². The molecule has 2 rings (SSSR count). The Kier molecular flexibility index (Phi) is 5.52. The standard InChI is InChI=1S/C19H28N2O3/c1-6-24-17(22)19(13(2)3)10-11-21(12-19)18(23)20-16-14(4)8-7-9-15(16)5/h7-9,13H,6,10-12H2,1-5H3,(H,20,23). The molecule has 24 heavy (non-hydrogen) atoms. The molecule has 0 saturated carbocycles. The fourth-order valence-electron chi connectivity index (χ4n) is 3.35. The Bertz CT molecular complexity index is 607. The summed E-state index contributed by atoms with van der Waals surface area (Å²) in [5.41, 5.74) is 2.31. The van der Waals surface area contributed by atoms with Gasteiger partial charge in [0.15, 0.2) is 0 Å². The lowest BCUT2D eigenvalue weighted by Gasteiger charge is -2.30. The van der Waals surface area contributed by atoms with Crippen molar-refractivity contribution >= 4 is 17.7 Å². The number of benzene rings is 1. The van der Waals surface area contributed by atoms with Crippen LogP contribution in [0, 0.1) is 25.2 Å². The molecule has 132 valence electrons. The van der Waals surface area contributed by atoms with E-state index in [1.165, 1.54) is 0 Å². The van der Waals surface area contributed by atoms with Crippen LogP contribution >= 0.6 is 0 Å². The average Bonchev–Trinajstić information content (AvgIpc) is 2.98. The molecular weight excluding hydrogens is 304 g/mol. The minimum atomic E-state index is -0.603. The number of carbonyl (C=O) groups excluding carboxylic acids is 2. The van der Waals surface area contributed by atoms with Crippen molar-refractivity contribution in [2.45, 2.75) is 41.0 Å². The van der Waals surface area contributed by atoms with Crippen LogP contribution in [0.15, 0.2) is 18.2 Å². The van der Waals surface area contributed by atoms with Crippen LogP contribution in [0.4, 0.5) is 10.5 Å². The van der Waals surface area contributed by atoms with Crippen molar-refractivity contribution in [1.29, 1.82) is 0 Å². The summed E-state index contributed by atoms with van der Waals surface area (Å²) >= 11 is 0. The smallest absolute Gasteiger partial charge is 0.321 e. The van der Waals surface area contributed by atoms with E-state index in [2.05, 4.69) is 5.32 Å². The number of para-hydroxylation sites is 1. The molecule has 0 radical (unpaired) electrons. The van der Waals surface area contributed by atoms with E-state index in [1.54, 1.807) is 4.90 Å². The van der Waals surface area contributed by atoms with Gasteiger partial charge in [-0.05, 0) is 44.2 Å². The van der Waals surface area contributed by atoms with Gasteiger partial charge in [0, 0.05) is 18.8 Å². The van der Waals surface area contributed by atoms with E-state index < -0.39 is 5.41 Å². The molecule has 1 aromatic carbocycles. The second kappa shape index (κ2) is 7.24. The van der Waals surface area contributed by atoms with E-state index in [0.717, 1.165) is 16.8 Å². The summed E-state index contributed by atoms with van der Waals surface area (Å²) in [5, 5.41) is 3.00. The van der Waals surface area contributed by atoms with E-state index in [4.69, 9.17) is 4.74 Å². The summed E-state index contributed by atoms with van der Waals surface area (Å²) in [4.78, 5) is 26.9.